The van der Waals surface area contributed by atoms with Crippen LogP contribution >= 0.6 is 0 Å². The highest BCUT2D eigenvalue weighted by Crippen LogP contribution is 2.48. The first-order valence-corrected chi connectivity index (χ1v) is 7.19. The summed E-state index contributed by atoms with van der Waals surface area (Å²) in [6.45, 7) is 7.79. The summed E-state index contributed by atoms with van der Waals surface area (Å²) >= 11 is 0. The molecule has 0 spiro atoms. The van der Waals surface area contributed by atoms with E-state index in [0.717, 1.165) is 6.42 Å². The molecule has 106 valence electrons. The quantitative estimate of drug-likeness (QED) is 0.756. The highest BCUT2D eigenvalue weighted by molar-refractivity contribution is 5.90. The number of hydrogen-bond donors (Lipinski definition) is 2. The van der Waals surface area contributed by atoms with Gasteiger partial charge in [0.2, 0.25) is 11.8 Å². The average molecular weight is 264 g/mol. The zero-order valence-electron chi connectivity index (χ0n) is 12.1. The molecule has 0 radical (unpaired) electrons. The van der Waals surface area contributed by atoms with Gasteiger partial charge in [-0.3, -0.25) is 9.59 Å². The molecule has 2 bridgehead atoms. The maximum atomic E-state index is 12.3. The normalized spacial score (nSPS) is 32.1. The summed E-state index contributed by atoms with van der Waals surface area (Å²) < 4.78 is 0. The molecule has 0 aromatic rings. The number of allylic oxidation sites excluding steroid dienone is 2. The maximum absolute atomic E-state index is 12.3. The van der Waals surface area contributed by atoms with Crippen LogP contribution in [-0.2, 0) is 9.59 Å². The fourth-order valence-corrected chi connectivity index (χ4v) is 3.30. The van der Waals surface area contributed by atoms with Crippen LogP contribution in [0.2, 0.25) is 0 Å². The minimum atomic E-state index is -0.198. The van der Waals surface area contributed by atoms with Crippen molar-refractivity contribution in [1.82, 2.24) is 10.6 Å². The number of fused-ring (bicyclic) bond motifs is 2. The molecule has 2 N–H and O–H groups in total. The predicted octanol–water partition coefficient (Wildman–Crippen LogP) is 1.47. The van der Waals surface area contributed by atoms with E-state index in [9.17, 15) is 9.59 Å². The largest absolute Gasteiger partial charge is 0.354 e. The van der Waals surface area contributed by atoms with Crippen molar-refractivity contribution < 1.29 is 9.59 Å². The molecule has 19 heavy (non-hydrogen) atoms. The molecule has 1 saturated carbocycles. The van der Waals surface area contributed by atoms with Crippen LogP contribution in [0.15, 0.2) is 12.2 Å². The minimum Gasteiger partial charge on any atom is -0.354 e. The van der Waals surface area contributed by atoms with Crippen molar-refractivity contribution in [2.24, 2.45) is 23.7 Å². The fourth-order valence-electron chi connectivity index (χ4n) is 3.30. The molecule has 0 aromatic heterocycles. The Morgan fingerprint density at radius 1 is 0.895 bits per heavy atom. The van der Waals surface area contributed by atoms with Gasteiger partial charge in [0.15, 0.2) is 0 Å². The standard InChI is InChI=1S/C15H24N2O2/c1-8(2)16-14(18)12-10-5-6-11(7-10)13(12)15(19)17-9(3)4/h5-6,8-13H,7H2,1-4H3,(H,16,18)(H,17,19)/t10-,11+,12-,13+. The first-order chi connectivity index (χ1) is 8.90. The van der Waals surface area contributed by atoms with E-state index in [1.165, 1.54) is 0 Å². The van der Waals surface area contributed by atoms with Crippen molar-refractivity contribution in [3.05, 3.63) is 12.2 Å². The third-order valence-electron chi connectivity index (χ3n) is 3.93. The molecule has 1 fully saturated rings. The van der Waals surface area contributed by atoms with Gasteiger partial charge in [0.25, 0.3) is 0 Å². The van der Waals surface area contributed by atoms with E-state index in [1.807, 2.05) is 27.7 Å². The molecule has 2 aliphatic carbocycles. The lowest BCUT2D eigenvalue weighted by molar-refractivity contribution is -0.136. The molecule has 0 unspecified atom stereocenters. The van der Waals surface area contributed by atoms with E-state index < -0.39 is 0 Å². The number of amides is 2. The van der Waals surface area contributed by atoms with Crippen molar-refractivity contribution in [1.29, 1.82) is 0 Å². The Morgan fingerprint density at radius 2 is 1.26 bits per heavy atom. The van der Waals surface area contributed by atoms with Crippen LogP contribution in [0.25, 0.3) is 0 Å². The van der Waals surface area contributed by atoms with Gasteiger partial charge in [-0.25, -0.2) is 0 Å². The smallest absolute Gasteiger partial charge is 0.224 e. The summed E-state index contributed by atoms with van der Waals surface area (Å²) in [5.74, 6) is 0.108. The van der Waals surface area contributed by atoms with Crippen LogP contribution in [0.5, 0.6) is 0 Å². The molecule has 4 nitrogen and oxygen atoms in total. The summed E-state index contributed by atoms with van der Waals surface area (Å²) in [6.07, 6.45) is 5.15. The predicted molar refractivity (Wildman–Crippen MR) is 74.3 cm³/mol. The Balaban J connectivity index is 2.13. The van der Waals surface area contributed by atoms with E-state index in [4.69, 9.17) is 0 Å². The van der Waals surface area contributed by atoms with Gasteiger partial charge in [-0.1, -0.05) is 12.2 Å². The summed E-state index contributed by atoms with van der Waals surface area (Å²) in [4.78, 5) is 24.6. The zero-order valence-corrected chi connectivity index (χ0v) is 12.1. The van der Waals surface area contributed by atoms with Crippen molar-refractivity contribution in [2.75, 3.05) is 0 Å². The van der Waals surface area contributed by atoms with E-state index in [0.29, 0.717) is 0 Å². The second-order valence-corrected chi connectivity index (χ2v) is 6.33. The maximum Gasteiger partial charge on any atom is 0.224 e. The SMILES string of the molecule is CC(C)NC(=O)[C@@H]1[C@H](C(=O)NC(C)C)[C@@H]2C=C[C@H]1C2. The fraction of sp³-hybridized carbons (Fsp3) is 0.733. The van der Waals surface area contributed by atoms with E-state index in [2.05, 4.69) is 22.8 Å². The Morgan fingerprint density at radius 3 is 1.58 bits per heavy atom. The molecule has 2 amide bonds. The van der Waals surface area contributed by atoms with E-state index >= 15 is 0 Å². The summed E-state index contributed by atoms with van der Waals surface area (Å²) in [5.41, 5.74) is 0. The van der Waals surface area contributed by atoms with Gasteiger partial charge in [0.1, 0.15) is 0 Å². The Labute approximate surface area is 115 Å². The van der Waals surface area contributed by atoms with Gasteiger partial charge in [0.05, 0.1) is 11.8 Å². The van der Waals surface area contributed by atoms with Gasteiger partial charge in [-0.05, 0) is 46.0 Å². The molecule has 4 atom stereocenters. The van der Waals surface area contributed by atoms with Crippen LogP contribution in [0.3, 0.4) is 0 Å². The topological polar surface area (TPSA) is 58.2 Å². The Kier molecular flexibility index (Phi) is 3.97. The summed E-state index contributed by atoms with van der Waals surface area (Å²) in [6, 6.07) is 0.230. The van der Waals surface area contributed by atoms with Crippen LogP contribution in [0, 0.1) is 23.7 Å². The van der Waals surface area contributed by atoms with Crippen molar-refractivity contribution in [3.63, 3.8) is 0 Å². The lowest BCUT2D eigenvalue weighted by Crippen LogP contribution is -2.46. The lowest BCUT2D eigenvalue weighted by Gasteiger charge is -2.27. The van der Waals surface area contributed by atoms with Crippen molar-refractivity contribution >= 4 is 11.8 Å². The number of rotatable bonds is 4. The molecule has 0 aromatic carbocycles. The highest BCUT2D eigenvalue weighted by Gasteiger charge is 2.51. The zero-order chi connectivity index (χ0) is 14.2. The molecule has 2 rings (SSSR count). The van der Waals surface area contributed by atoms with Crippen molar-refractivity contribution in [2.45, 2.75) is 46.2 Å². The van der Waals surface area contributed by atoms with Crippen LogP contribution in [0.4, 0.5) is 0 Å². The number of carbonyl (C=O) groups is 2. The second-order valence-electron chi connectivity index (χ2n) is 6.33. The van der Waals surface area contributed by atoms with E-state index in [1.54, 1.807) is 0 Å². The number of carbonyl (C=O) groups excluding carboxylic acids is 2. The second kappa shape index (κ2) is 5.35. The lowest BCUT2D eigenvalue weighted by atomic mass is 9.81. The average Bonchev–Trinajstić information content (AvgIpc) is 2.85. The van der Waals surface area contributed by atoms with Gasteiger partial charge < -0.3 is 10.6 Å². The Bertz CT molecular complexity index is 365. The summed E-state index contributed by atoms with van der Waals surface area (Å²) in [7, 11) is 0. The molecule has 0 heterocycles. The first-order valence-electron chi connectivity index (χ1n) is 7.19. The molecule has 2 aliphatic rings. The third-order valence-corrected chi connectivity index (χ3v) is 3.93. The Hall–Kier alpha value is -1.32. The van der Waals surface area contributed by atoms with Crippen molar-refractivity contribution in [3.8, 4) is 0 Å². The van der Waals surface area contributed by atoms with Crippen LogP contribution < -0.4 is 10.6 Å². The van der Waals surface area contributed by atoms with Crippen LogP contribution in [-0.4, -0.2) is 23.9 Å². The number of nitrogens with one attached hydrogen (secondary N) is 2. The molecule has 4 heteroatoms. The number of hydrogen-bond acceptors (Lipinski definition) is 2. The van der Waals surface area contributed by atoms with Gasteiger partial charge in [-0.15, -0.1) is 0 Å². The third kappa shape index (κ3) is 2.82. The van der Waals surface area contributed by atoms with Gasteiger partial charge >= 0.3 is 0 Å². The van der Waals surface area contributed by atoms with Gasteiger partial charge in [-0.2, -0.15) is 0 Å². The monoisotopic (exact) mass is 264 g/mol. The van der Waals surface area contributed by atoms with Crippen LogP contribution in [0.1, 0.15) is 34.1 Å². The molecule has 0 aliphatic heterocycles. The molecule has 0 saturated heterocycles. The molecular formula is C15H24N2O2. The summed E-state index contributed by atoms with van der Waals surface area (Å²) in [5, 5.41) is 5.91. The van der Waals surface area contributed by atoms with E-state index in [-0.39, 0.29) is 47.6 Å². The molecular weight excluding hydrogens is 240 g/mol. The minimum absolute atomic E-state index is 0.0238. The first kappa shape index (κ1) is 14.1. The van der Waals surface area contributed by atoms with Gasteiger partial charge in [0, 0.05) is 12.1 Å². The highest BCUT2D eigenvalue weighted by atomic mass is 16.2.